The zero-order chi connectivity index (χ0) is 11.1. The van der Waals surface area contributed by atoms with Gasteiger partial charge < -0.3 is 25.5 Å². The molecule has 0 saturated heterocycles. The molecular formula is C6H16N2O5. The predicted octanol–water partition coefficient (Wildman–Crippen LogP) is -4.11. The lowest BCUT2D eigenvalue weighted by atomic mass is 10.0. The summed E-state index contributed by atoms with van der Waals surface area (Å²) in [7, 11) is 0. The Balaban J connectivity index is 3.95. The van der Waals surface area contributed by atoms with Crippen molar-refractivity contribution in [3.63, 3.8) is 0 Å². The molecule has 0 aliphatic heterocycles. The van der Waals surface area contributed by atoms with Crippen LogP contribution in [0.4, 0.5) is 0 Å². The van der Waals surface area contributed by atoms with Gasteiger partial charge in [0, 0.05) is 6.54 Å². The first-order valence-electron chi connectivity index (χ1n) is 4.27. The highest BCUT2D eigenvalue weighted by Crippen LogP contribution is 2.03. The molecular weight excluding hydrogens is 180 g/mol. The van der Waals surface area contributed by atoms with Gasteiger partial charge in [-0.3, -0.25) is 11.3 Å². The third kappa shape index (κ3) is 3.96. The minimum atomic E-state index is -1.64. The lowest BCUT2D eigenvalue weighted by Gasteiger charge is -2.25. The third-order valence-corrected chi connectivity index (χ3v) is 1.64. The molecule has 8 N–H and O–H groups in total. The highest BCUT2D eigenvalue weighted by Gasteiger charge is 2.29. The van der Waals surface area contributed by atoms with Crippen molar-refractivity contribution in [3.05, 3.63) is 0 Å². The Morgan fingerprint density at radius 3 is 2.15 bits per heavy atom. The average molecular weight is 197 g/mol. The fourth-order valence-corrected chi connectivity index (χ4v) is 0.789. The number of aliphatic hydroxyl groups is 5. The molecule has 13 heavy (non-hydrogen) atoms. The minimum absolute atomic E-state index is 0.181. The van der Waals surface area contributed by atoms with E-state index in [0.29, 0.717) is 0 Å². The van der Waals surface area contributed by atoms with E-state index in [9.17, 15) is 10.2 Å². The first kappa shape index (κ1) is 10.8. The van der Waals surface area contributed by atoms with Crippen molar-refractivity contribution in [2.75, 3.05) is 13.2 Å². The maximum Gasteiger partial charge on any atom is 0.137 e. The molecule has 0 unspecified atom stereocenters. The molecule has 0 radical (unpaired) electrons. The lowest BCUT2D eigenvalue weighted by Crippen LogP contribution is -2.49. The average Bonchev–Trinajstić information content (AvgIpc) is 2.22. The third-order valence-electron chi connectivity index (χ3n) is 1.64. The van der Waals surface area contributed by atoms with Gasteiger partial charge >= 0.3 is 0 Å². The van der Waals surface area contributed by atoms with E-state index >= 15 is 0 Å². The van der Waals surface area contributed by atoms with Gasteiger partial charge in [-0.05, 0) is 0 Å². The molecule has 0 aromatic carbocycles. The molecule has 0 aromatic heterocycles. The highest BCUT2D eigenvalue weighted by molar-refractivity contribution is 4.80. The van der Waals surface area contributed by atoms with E-state index in [4.69, 9.17) is 16.7 Å². The second kappa shape index (κ2) is 6.22. The van der Waals surface area contributed by atoms with Gasteiger partial charge in [0.15, 0.2) is 0 Å². The predicted molar refractivity (Wildman–Crippen MR) is 43.3 cm³/mol. The van der Waals surface area contributed by atoms with E-state index in [1.165, 1.54) is 0 Å². The maximum absolute atomic E-state index is 9.21. The Morgan fingerprint density at radius 2 is 1.69 bits per heavy atom. The van der Waals surface area contributed by atoms with Gasteiger partial charge in [0.1, 0.15) is 19.7 Å². The Morgan fingerprint density at radius 1 is 1.15 bits per heavy atom. The first-order chi connectivity index (χ1) is 6.54. The van der Waals surface area contributed by atoms with Crippen molar-refractivity contribution in [2.24, 2.45) is 5.84 Å². The fourth-order valence-electron chi connectivity index (χ4n) is 0.789. The van der Waals surface area contributed by atoms with Crippen LogP contribution in [0.25, 0.3) is 0 Å². The number of hydrazine groups is 1. The molecule has 0 spiro atoms. The van der Waals surface area contributed by atoms with Crippen LogP contribution in [0.1, 0.15) is 0 Å². The summed E-state index contributed by atoms with van der Waals surface area (Å²) in [5.74, 6) is 1.77. The molecule has 0 saturated carbocycles. The Kier molecular flexibility index (Phi) is 5.16. The zero-order valence-corrected chi connectivity index (χ0v) is 6.96. The molecule has 0 aliphatic rings. The second-order valence-corrected chi connectivity index (χ2v) is 2.68. The van der Waals surface area contributed by atoms with Crippen LogP contribution in [0.5, 0.6) is 0 Å². The molecule has 80 valence electrons. The van der Waals surface area contributed by atoms with Gasteiger partial charge in [0.05, 0.1) is 12.7 Å². The molecule has 7 nitrogen and oxygen atoms in total. The normalized spacial score (nSPS) is 21.8. The largest absolute Gasteiger partial charge is 0.394 e. The van der Waals surface area contributed by atoms with E-state index in [0.717, 1.165) is 0 Å². The fraction of sp³-hybridized carbons (Fsp3) is 1.00. The van der Waals surface area contributed by atoms with Gasteiger partial charge in [-0.25, -0.2) is 0 Å². The molecule has 0 fully saturated rings. The smallest absolute Gasteiger partial charge is 0.137 e. The number of nitrogens with two attached hydrogens (primary N) is 1. The Labute approximate surface area is 76.9 Å². The molecule has 4 atom stereocenters. The number of rotatable bonds is 7. The quantitative estimate of drug-likeness (QED) is 0.162. The summed E-state index contributed by atoms with van der Waals surface area (Å²) in [5, 5.41) is 44.9. The summed E-state index contributed by atoms with van der Waals surface area (Å²) in [6, 6.07) is 0. The molecule has 7 heteroatoms. The van der Waals surface area contributed by atoms with E-state index in [1.807, 2.05) is 0 Å². The SMILES string of the molecule is [2H]NNC[C@H](O)[C@@H](O)[C@H](O)[C@H](O)CO. The van der Waals surface area contributed by atoms with Gasteiger partial charge in [-0.1, -0.05) is 0 Å². The Bertz CT molecular complexity index is 152. The highest BCUT2D eigenvalue weighted by atomic mass is 16.4. The summed E-state index contributed by atoms with van der Waals surface area (Å²) in [6.45, 7) is -0.894. The van der Waals surface area contributed by atoms with Gasteiger partial charge in [0.25, 0.3) is 0 Å². The van der Waals surface area contributed by atoms with Crippen LogP contribution in [0, 0.1) is 0 Å². The molecule has 0 amide bonds. The summed E-state index contributed by atoms with van der Waals surface area (Å²) < 4.78 is 6.46. The molecule has 0 aromatic rings. The van der Waals surface area contributed by atoms with E-state index < -0.39 is 31.0 Å². The zero-order valence-electron chi connectivity index (χ0n) is 7.96. The van der Waals surface area contributed by atoms with Crippen LogP contribution < -0.4 is 11.3 Å². The van der Waals surface area contributed by atoms with Crippen LogP contribution in [0.15, 0.2) is 0 Å². The van der Waals surface area contributed by atoms with Crippen LogP contribution in [0.3, 0.4) is 0 Å². The van der Waals surface area contributed by atoms with E-state index in [-0.39, 0.29) is 6.54 Å². The first-order valence-corrected chi connectivity index (χ1v) is 3.77. The lowest BCUT2D eigenvalue weighted by molar-refractivity contribution is -0.113. The van der Waals surface area contributed by atoms with Gasteiger partial charge in [-0.15, -0.1) is 0 Å². The standard InChI is InChI=1S/C6H16N2O5/c7-8-1-3(10)5(12)6(13)4(11)2-9/h3-6,8-13H,1-2,7H2/t3-,4+,5+,6+/m0/s1/i/hD. The van der Waals surface area contributed by atoms with Crippen molar-refractivity contribution in [1.82, 2.24) is 5.43 Å². The van der Waals surface area contributed by atoms with Crippen LogP contribution in [-0.2, 0) is 0 Å². The number of hydrogen-bond acceptors (Lipinski definition) is 7. The summed E-state index contributed by atoms with van der Waals surface area (Å²) in [5.41, 5.74) is 2.19. The number of hydrogen-bond donors (Lipinski definition) is 7. The molecule has 0 aliphatic carbocycles. The topological polar surface area (TPSA) is 139 Å². The maximum atomic E-state index is 9.21. The molecule has 0 rings (SSSR count). The van der Waals surface area contributed by atoms with Gasteiger partial charge in [0.2, 0.25) is 0 Å². The van der Waals surface area contributed by atoms with Crippen molar-refractivity contribution >= 4 is 0 Å². The van der Waals surface area contributed by atoms with Crippen molar-refractivity contribution in [2.45, 2.75) is 24.4 Å². The second-order valence-electron chi connectivity index (χ2n) is 2.68. The monoisotopic (exact) mass is 197 g/mol. The van der Waals surface area contributed by atoms with E-state index in [2.05, 4.69) is 5.43 Å². The van der Waals surface area contributed by atoms with Crippen molar-refractivity contribution in [1.29, 1.82) is 0 Å². The van der Waals surface area contributed by atoms with E-state index in [1.54, 1.807) is 5.84 Å². The van der Waals surface area contributed by atoms with Crippen LogP contribution >= 0.6 is 0 Å². The van der Waals surface area contributed by atoms with Gasteiger partial charge in [-0.2, -0.15) is 0 Å². The van der Waals surface area contributed by atoms with Crippen LogP contribution in [0.2, 0.25) is 1.41 Å². The van der Waals surface area contributed by atoms with Crippen molar-refractivity contribution < 1.29 is 26.9 Å². The number of aliphatic hydroxyl groups excluding tert-OH is 5. The van der Waals surface area contributed by atoms with Crippen LogP contribution in [-0.4, -0.2) is 63.1 Å². The van der Waals surface area contributed by atoms with Crippen molar-refractivity contribution in [3.8, 4) is 0 Å². The molecule has 0 heterocycles. The minimum Gasteiger partial charge on any atom is -0.394 e. The summed E-state index contributed by atoms with van der Waals surface area (Å²) >= 11 is 0. The molecule has 0 bridgehead atoms. The Hall–Kier alpha value is -0.280. The summed E-state index contributed by atoms with van der Waals surface area (Å²) in [4.78, 5) is 0. The number of nitrogens with one attached hydrogen (secondary N) is 1. The summed E-state index contributed by atoms with van der Waals surface area (Å²) in [6.07, 6.45) is -6.10.